The number of carbonyl (C=O) groups excluding carboxylic acids is 1. The second-order valence-corrected chi connectivity index (χ2v) is 7.48. The van der Waals surface area contributed by atoms with E-state index in [-0.39, 0.29) is 12.5 Å². The molecule has 1 fully saturated rings. The van der Waals surface area contributed by atoms with Gasteiger partial charge in [-0.25, -0.2) is 4.79 Å². The van der Waals surface area contributed by atoms with E-state index in [9.17, 15) is 9.59 Å². The molecular formula is C23H25N2O5+. The van der Waals surface area contributed by atoms with Gasteiger partial charge >= 0.3 is 5.63 Å². The van der Waals surface area contributed by atoms with Gasteiger partial charge in [0.05, 0.1) is 13.2 Å². The topological polar surface area (TPSA) is 82.2 Å². The summed E-state index contributed by atoms with van der Waals surface area (Å²) < 4.78 is 16.2. The molecule has 30 heavy (non-hydrogen) atoms. The number of rotatable bonds is 6. The Morgan fingerprint density at radius 2 is 1.87 bits per heavy atom. The van der Waals surface area contributed by atoms with Crippen molar-refractivity contribution in [2.75, 3.05) is 38.2 Å². The number of hydrogen-bond donors (Lipinski definition) is 2. The molecule has 0 spiro atoms. The zero-order valence-electron chi connectivity index (χ0n) is 16.9. The minimum Gasteiger partial charge on any atom is -0.484 e. The number of carbonyl (C=O) groups is 1. The van der Waals surface area contributed by atoms with Gasteiger partial charge in [-0.15, -0.1) is 0 Å². The molecule has 156 valence electrons. The molecule has 7 heteroatoms. The fraction of sp³-hybridized carbons (Fsp3) is 0.304. The van der Waals surface area contributed by atoms with Crippen molar-refractivity contribution in [2.24, 2.45) is 0 Å². The predicted molar refractivity (Wildman–Crippen MR) is 113 cm³/mol. The summed E-state index contributed by atoms with van der Waals surface area (Å²) in [6.45, 7) is 6.33. The van der Waals surface area contributed by atoms with Crippen molar-refractivity contribution in [1.29, 1.82) is 0 Å². The van der Waals surface area contributed by atoms with Crippen LogP contribution < -0.4 is 20.6 Å². The van der Waals surface area contributed by atoms with E-state index in [1.165, 1.54) is 16.5 Å². The molecule has 0 bridgehead atoms. The standard InChI is InChI=1S/C23H24N2O5/c1-16-12-23(27)30-21-13-19(6-7-20(16)21)29-15-22(26)24-18-4-2-17(3-5-18)14-25-8-10-28-11-9-25/h2-7,12-13H,8-11,14-15H2,1H3,(H,24,26)/p+1. The summed E-state index contributed by atoms with van der Waals surface area (Å²) >= 11 is 0. The molecule has 3 aromatic rings. The number of ether oxygens (including phenoxy) is 2. The van der Waals surface area contributed by atoms with Crippen molar-refractivity contribution in [3.63, 3.8) is 0 Å². The van der Waals surface area contributed by atoms with Crippen LogP contribution in [0.4, 0.5) is 5.69 Å². The number of hydrogen-bond acceptors (Lipinski definition) is 5. The molecule has 1 amide bonds. The van der Waals surface area contributed by atoms with Gasteiger partial charge in [-0.3, -0.25) is 4.79 Å². The molecule has 2 heterocycles. The number of morpholine rings is 1. The maximum absolute atomic E-state index is 12.2. The number of aryl methyl sites for hydroxylation is 1. The summed E-state index contributed by atoms with van der Waals surface area (Å²) in [4.78, 5) is 25.3. The van der Waals surface area contributed by atoms with E-state index in [4.69, 9.17) is 13.9 Å². The fourth-order valence-electron chi connectivity index (χ4n) is 3.57. The first-order valence-corrected chi connectivity index (χ1v) is 10.0. The Balaban J connectivity index is 1.31. The third kappa shape index (κ3) is 5.06. The first-order chi connectivity index (χ1) is 14.6. The molecule has 0 atom stereocenters. The Labute approximate surface area is 174 Å². The fourth-order valence-corrected chi connectivity index (χ4v) is 3.57. The molecule has 7 nitrogen and oxygen atoms in total. The molecule has 2 aromatic carbocycles. The van der Waals surface area contributed by atoms with Gasteiger partial charge in [-0.2, -0.15) is 0 Å². The van der Waals surface area contributed by atoms with Crippen LogP contribution in [0.15, 0.2) is 57.7 Å². The Hall–Kier alpha value is -3.16. The van der Waals surface area contributed by atoms with Crippen LogP contribution in [0.3, 0.4) is 0 Å². The molecule has 0 saturated carbocycles. The van der Waals surface area contributed by atoms with Crippen LogP contribution in [0.1, 0.15) is 11.1 Å². The summed E-state index contributed by atoms with van der Waals surface area (Å²) in [7, 11) is 0. The highest BCUT2D eigenvalue weighted by molar-refractivity contribution is 5.92. The van der Waals surface area contributed by atoms with Crippen molar-refractivity contribution >= 4 is 22.6 Å². The number of anilines is 1. The Morgan fingerprint density at radius 3 is 2.63 bits per heavy atom. The maximum Gasteiger partial charge on any atom is 0.336 e. The van der Waals surface area contributed by atoms with Gasteiger partial charge in [0.25, 0.3) is 5.91 Å². The van der Waals surface area contributed by atoms with Gasteiger partial charge in [0.1, 0.15) is 31.0 Å². The van der Waals surface area contributed by atoms with E-state index in [0.717, 1.165) is 49.5 Å². The highest BCUT2D eigenvalue weighted by atomic mass is 16.5. The zero-order chi connectivity index (χ0) is 20.9. The van der Waals surface area contributed by atoms with Gasteiger partial charge in [0.15, 0.2) is 6.61 Å². The third-order valence-electron chi connectivity index (χ3n) is 5.18. The van der Waals surface area contributed by atoms with Crippen molar-refractivity contribution in [3.8, 4) is 5.75 Å². The van der Waals surface area contributed by atoms with Gasteiger partial charge in [0.2, 0.25) is 0 Å². The average Bonchev–Trinajstić information content (AvgIpc) is 2.74. The van der Waals surface area contributed by atoms with Gasteiger partial charge < -0.3 is 24.1 Å². The summed E-state index contributed by atoms with van der Waals surface area (Å²) in [6.07, 6.45) is 0. The third-order valence-corrected chi connectivity index (χ3v) is 5.18. The normalized spacial score (nSPS) is 14.6. The van der Waals surface area contributed by atoms with Gasteiger partial charge in [-0.05, 0) is 36.8 Å². The lowest BCUT2D eigenvalue weighted by molar-refractivity contribution is -0.921. The van der Waals surface area contributed by atoms with Crippen LogP contribution in [0.25, 0.3) is 11.0 Å². The largest absolute Gasteiger partial charge is 0.484 e. The molecule has 1 aliphatic heterocycles. The SMILES string of the molecule is Cc1cc(=O)oc2cc(OCC(=O)Nc3ccc(C[NH+]4CCOCC4)cc3)ccc12. The van der Waals surface area contributed by atoms with Crippen molar-refractivity contribution in [1.82, 2.24) is 0 Å². The van der Waals surface area contributed by atoms with E-state index in [1.54, 1.807) is 12.1 Å². The number of fused-ring (bicyclic) bond motifs is 1. The van der Waals surface area contributed by atoms with E-state index in [2.05, 4.69) is 5.32 Å². The van der Waals surface area contributed by atoms with Crippen molar-refractivity contribution < 1.29 is 23.6 Å². The molecule has 1 aliphatic rings. The minimum atomic E-state index is -0.409. The quantitative estimate of drug-likeness (QED) is 0.604. The highest BCUT2D eigenvalue weighted by Crippen LogP contribution is 2.22. The smallest absolute Gasteiger partial charge is 0.336 e. The van der Waals surface area contributed by atoms with Crippen LogP contribution in [0.2, 0.25) is 0 Å². The van der Waals surface area contributed by atoms with E-state index < -0.39 is 5.63 Å². The van der Waals surface area contributed by atoms with Crippen LogP contribution in [-0.4, -0.2) is 38.8 Å². The summed E-state index contributed by atoms with van der Waals surface area (Å²) in [6, 6.07) is 14.5. The first-order valence-electron chi connectivity index (χ1n) is 10.0. The Morgan fingerprint density at radius 1 is 1.10 bits per heavy atom. The van der Waals surface area contributed by atoms with E-state index in [0.29, 0.717) is 11.3 Å². The summed E-state index contributed by atoms with van der Waals surface area (Å²) in [5, 5.41) is 3.67. The summed E-state index contributed by atoms with van der Waals surface area (Å²) in [5.41, 5.74) is 2.83. The van der Waals surface area contributed by atoms with Crippen molar-refractivity contribution in [3.05, 3.63) is 70.1 Å². The first kappa shape index (κ1) is 20.1. The molecule has 1 saturated heterocycles. The predicted octanol–water partition coefficient (Wildman–Crippen LogP) is 1.53. The molecule has 2 N–H and O–H groups in total. The number of benzene rings is 2. The molecule has 0 unspecified atom stereocenters. The molecule has 1 aromatic heterocycles. The van der Waals surface area contributed by atoms with Crippen LogP contribution in [0, 0.1) is 6.92 Å². The molecule has 4 rings (SSSR count). The summed E-state index contributed by atoms with van der Waals surface area (Å²) in [5.74, 6) is 0.211. The van der Waals surface area contributed by atoms with Crippen molar-refractivity contribution in [2.45, 2.75) is 13.5 Å². The average molecular weight is 409 g/mol. The van der Waals surface area contributed by atoms with E-state index >= 15 is 0 Å². The Kier molecular flexibility index (Phi) is 6.11. The second kappa shape index (κ2) is 9.11. The number of quaternary nitrogens is 1. The van der Waals surface area contributed by atoms with Gasteiger partial charge in [-0.1, -0.05) is 12.1 Å². The number of amides is 1. The zero-order valence-corrected chi connectivity index (χ0v) is 16.9. The minimum absolute atomic E-state index is 0.138. The van der Waals surface area contributed by atoms with E-state index in [1.807, 2.05) is 37.3 Å². The lowest BCUT2D eigenvalue weighted by Crippen LogP contribution is -3.12. The lowest BCUT2D eigenvalue weighted by atomic mass is 10.1. The van der Waals surface area contributed by atoms with Crippen LogP contribution in [0.5, 0.6) is 5.75 Å². The van der Waals surface area contributed by atoms with Crippen LogP contribution >= 0.6 is 0 Å². The second-order valence-electron chi connectivity index (χ2n) is 7.48. The van der Waals surface area contributed by atoms with Crippen LogP contribution in [-0.2, 0) is 16.1 Å². The molecule has 0 aliphatic carbocycles. The monoisotopic (exact) mass is 409 g/mol. The molecule has 0 radical (unpaired) electrons. The molecular weight excluding hydrogens is 384 g/mol. The number of nitrogens with one attached hydrogen (secondary N) is 2. The lowest BCUT2D eigenvalue weighted by Gasteiger charge is -2.23. The van der Waals surface area contributed by atoms with Gasteiger partial charge in [0, 0.05) is 28.8 Å². The Bertz CT molecular complexity index is 1080. The maximum atomic E-state index is 12.2. The highest BCUT2D eigenvalue weighted by Gasteiger charge is 2.14.